The third-order valence-corrected chi connectivity index (χ3v) is 3.54. The summed E-state index contributed by atoms with van der Waals surface area (Å²) in [6, 6.07) is 0. The fourth-order valence-electron chi connectivity index (χ4n) is 0.147. The topological polar surface area (TPSA) is 17.1 Å². The van der Waals surface area contributed by atoms with Gasteiger partial charge in [-0.05, 0) is 17.6 Å². The van der Waals surface area contributed by atoms with Crippen LogP contribution in [0.15, 0.2) is 0 Å². The van der Waals surface area contributed by atoms with Gasteiger partial charge in [-0.1, -0.05) is 0 Å². The van der Waals surface area contributed by atoms with Gasteiger partial charge in [-0.25, -0.2) is 4.21 Å². The van der Waals surface area contributed by atoms with E-state index in [0.717, 1.165) is 0 Å². The molecule has 1 nitrogen and oxygen atoms in total. The van der Waals surface area contributed by atoms with Crippen molar-refractivity contribution < 1.29 is 4.21 Å². The molecule has 0 aromatic rings. The maximum absolute atomic E-state index is 10.2. The summed E-state index contributed by atoms with van der Waals surface area (Å²) in [7, 11) is 3.54. The van der Waals surface area contributed by atoms with Gasteiger partial charge in [0.15, 0.2) is 0 Å². The van der Waals surface area contributed by atoms with Crippen molar-refractivity contribution in [3.8, 4) is 0 Å². The molecule has 0 aliphatic heterocycles. The maximum atomic E-state index is 10.2. The van der Waals surface area contributed by atoms with Gasteiger partial charge in [0.25, 0.3) is 0 Å². The van der Waals surface area contributed by atoms with Gasteiger partial charge < -0.3 is 0 Å². The van der Waals surface area contributed by atoms with E-state index >= 15 is 0 Å². The number of alkyl halides is 2. The molecule has 0 radical (unpaired) electrons. The van der Waals surface area contributed by atoms with Crippen LogP contribution in [0, 0.1) is 0 Å². The van der Waals surface area contributed by atoms with E-state index in [-0.39, 0.29) is 5.38 Å². The van der Waals surface area contributed by atoms with E-state index in [0.29, 0.717) is 0 Å². The molecule has 0 bridgehead atoms. The van der Waals surface area contributed by atoms with Gasteiger partial charge in [0.1, 0.15) is 14.7 Å². The van der Waals surface area contributed by atoms with Crippen molar-refractivity contribution in [1.82, 2.24) is 0 Å². The van der Waals surface area contributed by atoms with Crippen LogP contribution in [-0.2, 0) is 10.0 Å². The van der Waals surface area contributed by atoms with E-state index in [1.54, 1.807) is 6.92 Å². The molecule has 0 N–H and O–H groups in total. The van der Waals surface area contributed by atoms with Crippen LogP contribution in [0.3, 0.4) is 0 Å². The third-order valence-electron chi connectivity index (χ3n) is 0.538. The average molecular weight is 195 g/mol. The summed E-state index contributed by atoms with van der Waals surface area (Å²) in [5.41, 5.74) is 0. The molecule has 50 valence electrons. The molecule has 0 amide bonds. The first-order valence-corrected chi connectivity index (χ1v) is 4.82. The van der Waals surface area contributed by atoms with Gasteiger partial charge in [0, 0.05) is 0 Å². The lowest BCUT2D eigenvalue weighted by atomic mass is 10.6. The summed E-state index contributed by atoms with van der Waals surface area (Å²) >= 11 is 10.8. The van der Waals surface area contributed by atoms with Crippen molar-refractivity contribution in [2.45, 2.75) is 17.0 Å². The highest BCUT2D eigenvalue weighted by Crippen LogP contribution is 2.15. The Kier molecular flexibility index (Phi) is 4.44. The molecule has 0 fully saturated rings. The second-order valence-corrected chi connectivity index (χ2v) is 4.61. The normalized spacial score (nSPS) is 22.0. The lowest BCUT2D eigenvalue weighted by molar-refractivity contribution is 0.688. The quantitative estimate of drug-likeness (QED) is 0.487. The van der Waals surface area contributed by atoms with Crippen LogP contribution in [-0.4, -0.2) is 14.3 Å². The molecule has 3 atom stereocenters. The largest absolute Gasteiger partial charge is 0.241 e. The standard InChI is InChI=1S/C3H5Cl3OS/c1-2(4)3(5)8(6)7/h2-3H,1H3. The second kappa shape index (κ2) is 3.94. The molecule has 0 rings (SSSR count). The van der Waals surface area contributed by atoms with Crippen molar-refractivity contribution in [2.75, 3.05) is 0 Å². The molecule has 0 aromatic heterocycles. The second-order valence-electron chi connectivity index (χ2n) is 1.28. The van der Waals surface area contributed by atoms with Crippen LogP contribution in [0.5, 0.6) is 0 Å². The molecule has 3 unspecified atom stereocenters. The Balaban J connectivity index is 3.64. The van der Waals surface area contributed by atoms with E-state index in [1.165, 1.54) is 0 Å². The van der Waals surface area contributed by atoms with E-state index in [9.17, 15) is 4.21 Å². The van der Waals surface area contributed by atoms with Crippen molar-refractivity contribution in [1.29, 1.82) is 0 Å². The fourth-order valence-corrected chi connectivity index (χ4v) is 1.34. The van der Waals surface area contributed by atoms with E-state index in [4.69, 9.17) is 33.9 Å². The SMILES string of the molecule is CC(Cl)C(Cl)S(=O)Cl. The van der Waals surface area contributed by atoms with Crippen molar-refractivity contribution in [3.63, 3.8) is 0 Å². The number of halogens is 3. The average Bonchev–Trinajstić information content (AvgIpc) is 1.64. The van der Waals surface area contributed by atoms with Crippen LogP contribution in [0.1, 0.15) is 6.92 Å². The number of hydrogen-bond acceptors (Lipinski definition) is 1. The minimum atomic E-state index is -1.53. The lowest BCUT2D eigenvalue weighted by Crippen LogP contribution is -2.12. The molecule has 5 heteroatoms. The molecule has 0 heterocycles. The van der Waals surface area contributed by atoms with E-state index in [2.05, 4.69) is 0 Å². The fraction of sp³-hybridized carbons (Fsp3) is 1.00. The predicted octanol–water partition coefficient (Wildman–Crippen LogP) is 2.08. The van der Waals surface area contributed by atoms with Crippen molar-refractivity contribution >= 4 is 43.9 Å². The molecule has 0 saturated carbocycles. The maximum Gasteiger partial charge on any atom is 0.139 e. The Morgan fingerprint density at radius 3 is 1.88 bits per heavy atom. The first-order chi connectivity index (χ1) is 3.55. The van der Waals surface area contributed by atoms with Crippen molar-refractivity contribution in [2.24, 2.45) is 0 Å². The minimum absolute atomic E-state index is 0.352. The first-order valence-electron chi connectivity index (χ1n) is 1.90. The Hall–Kier alpha value is 1.02. The summed E-state index contributed by atoms with van der Waals surface area (Å²) < 4.78 is 9.59. The Labute approximate surface area is 65.3 Å². The van der Waals surface area contributed by atoms with E-state index in [1.807, 2.05) is 0 Å². The van der Waals surface area contributed by atoms with Gasteiger partial charge in [-0.15, -0.1) is 23.2 Å². The van der Waals surface area contributed by atoms with Gasteiger partial charge >= 0.3 is 0 Å². The highest BCUT2D eigenvalue weighted by Gasteiger charge is 2.16. The number of rotatable bonds is 2. The predicted molar refractivity (Wildman–Crippen MR) is 39.0 cm³/mol. The molecule has 0 saturated heterocycles. The molecule has 0 aromatic carbocycles. The molecular formula is C3H5Cl3OS. The zero-order valence-electron chi connectivity index (χ0n) is 4.11. The summed E-state index contributed by atoms with van der Waals surface area (Å²) in [6.07, 6.45) is 0. The smallest absolute Gasteiger partial charge is 0.139 e. The molecule has 0 aliphatic carbocycles. The Bertz CT molecular complexity index is 94.5. The minimum Gasteiger partial charge on any atom is -0.241 e. The summed E-state index contributed by atoms with van der Waals surface area (Å²) in [4.78, 5) is 0. The zero-order valence-corrected chi connectivity index (χ0v) is 7.19. The Morgan fingerprint density at radius 1 is 1.50 bits per heavy atom. The van der Waals surface area contributed by atoms with E-state index < -0.39 is 14.7 Å². The molecule has 0 spiro atoms. The van der Waals surface area contributed by atoms with Gasteiger partial charge in [0.05, 0.1) is 5.38 Å². The van der Waals surface area contributed by atoms with Gasteiger partial charge in [0.2, 0.25) is 0 Å². The molecular weight excluding hydrogens is 190 g/mol. The van der Waals surface area contributed by atoms with Crippen LogP contribution in [0.4, 0.5) is 0 Å². The van der Waals surface area contributed by atoms with Crippen LogP contribution >= 0.6 is 33.9 Å². The number of hydrogen-bond donors (Lipinski definition) is 0. The Morgan fingerprint density at radius 2 is 1.88 bits per heavy atom. The summed E-state index contributed by atoms with van der Waals surface area (Å²) in [6.45, 7) is 1.64. The first kappa shape index (κ1) is 9.02. The van der Waals surface area contributed by atoms with Crippen LogP contribution in [0.25, 0.3) is 0 Å². The highest BCUT2D eigenvalue weighted by atomic mass is 35.7. The zero-order chi connectivity index (χ0) is 6.73. The van der Waals surface area contributed by atoms with Crippen LogP contribution < -0.4 is 0 Å². The lowest BCUT2D eigenvalue weighted by Gasteiger charge is -2.03. The molecule has 8 heavy (non-hydrogen) atoms. The van der Waals surface area contributed by atoms with Crippen molar-refractivity contribution in [3.05, 3.63) is 0 Å². The van der Waals surface area contributed by atoms with Crippen LogP contribution in [0.2, 0.25) is 0 Å². The summed E-state index contributed by atoms with van der Waals surface area (Å²) in [5.74, 6) is 0. The van der Waals surface area contributed by atoms with Gasteiger partial charge in [-0.2, -0.15) is 0 Å². The van der Waals surface area contributed by atoms with Gasteiger partial charge in [-0.3, -0.25) is 0 Å². The molecule has 0 aliphatic rings. The monoisotopic (exact) mass is 194 g/mol. The third kappa shape index (κ3) is 3.13. The highest BCUT2D eigenvalue weighted by molar-refractivity contribution is 8.09. The summed E-state index contributed by atoms with van der Waals surface area (Å²) in [5, 5.41) is -0.352.